The van der Waals surface area contributed by atoms with Gasteiger partial charge in [0.1, 0.15) is 0 Å². The largest absolute Gasteiger partial charge is 0.310 e. The lowest BCUT2D eigenvalue weighted by molar-refractivity contribution is 1.28. The number of benzene rings is 8. The highest BCUT2D eigenvalue weighted by molar-refractivity contribution is 7.19. The summed E-state index contributed by atoms with van der Waals surface area (Å²) in [7, 11) is 0. The topological polar surface area (TPSA) is 3.24 Å². The molecule has 1 heterocycles. The number of rotatable bonds is 8. The molecule has 9 aromatic rings. The van der Waals surface area contributed by atoms with E-state index in [9.17, 15) is 0 Å². The molecule has 0 saturated carbocycles. The Labute approximate surface area is 338 Å². The first-order valence-electron chi connectivity index (χ1n) is 19.5. The summed E-state index contributed by atoms with van der Waals surface area (Å²) in [6.45, 7) is 0. The fourth-order valence-electron chi connectivity index (χ4n) is 8.16. The quantitative estimate of drug-likeness (QED) is 0.150. The standard InChI is InChI=1S/C55H39NS/c1-4-14-39(15-5-1)41-24-26-45(27-25-41)52-38-55-51(50-21-11-13-23-54(50)57-55)37-36-48(52)44-30-34-47(35-31-44)56(46-32-28-42(29-33-46)40-16-6-2-7-17-40)53-22-12-10-20-49(53)43-18-8-3-9-19-43/h1-37H,38H2. The summed E-state index contributed by atoms with van der Waals surface area (Å²) in [5.41, 5.74) is 17.0. The van der Waals surface area contributed by atoms with E-state index in [1.165, 1.54) is 76.2 Å². The Bertz CT molecular complexity index is 2870. The van der Waals surface area contributed by atoms with E-state index in [0.717, 1.165) is 23.5 Å². The minimum absolute atomic E-state index is 0.869. The Morgan fingerprint density at radius 2 is 0.842 bits per heavy atom. The van der Waals surface area contributed by atoms with E-state index in [1.54, 1.807) is 0 Å². The van der Waals surface area contributed by atoms with Crippen molar-refractivity contribution in [2.45, 2.75) is 6.42 Å². The molecule has 2 heteroatoms. The molecule has 0 N–H and O–H groups in total. The molecule has 1 aliphatic rings. The normalized spacial score (nSPS) is 12.4. The van der Waals surface area contributed by atoms with Crippen molar-refractivity contribution < 1.29 is 0 Å². The molecule has 0 spiro atoms. The maximum absolute atomic E-state index is 2.39. The number of fused-ring (bicyclic) bond motifs is 3. The van der Waals surface area contributed by atoms with Gasteiger partial charge in [-0.25, -0.2) is 0 Å². The minimum atomic E-state index is 0.869. The van der Waals surface area contributed by atoms with Crippen molar-refractivity contribution in [3.05, 3.63) is 240 Å². The van der Waals surface area contributed by atoms with Gasteiger partial charge in [-0.3, -0.25) is 0 Å². The van der Waals surface area contributed by atoms with E-state index in [0.29, 0.717) is 0 Å². The predicted octanol–water partition coefficient (Wildman–Crippen LogP) is 15.6. The van der Waals surface area contributed by atoms with Crippen molar-refractivity contribution >= 4 is 55.7 Å². The first-order valence-corrected chi connectivity index (χ1v) is 20.4. The van der Waals surface area contributed by atoms with Crippen LogP contribution in [0.2, 0.25) is 0 Å². The molecule has 0 fully saturated rings. The lowest BCUT2D eigenvalue weighted by atomic mass is 9.91. The number of para-hydroxylation sites is 1. The average Bonchev–Trinajstić information content (AvgIpc) is 3.53. The van der Waals surface area contributed by atoms with Crippen molar-refractivity contribution in [2.24, 2.45) is 0 Å². The summed E-state index contributed by atoms with van der Waals surface area (Å²) in [4.78, 5) is 3.80. The highest BCUT2D eigenvalue weighted by atomic mass is 32.1. The maximum atomic E-state index is 2.39. The van der Waals surface area contributed by atoms with Gasteiger partial charge < -0.3 is 4.90 Å². The second-order valence-corrected chi connectivity index (χ2v) is 15.6. The van der Waals surface area contributed by atoms with Crippen LogP contribution in [-0.2, 0) is 6.42 Å². The second-order valence-electron chi connectivity index (χ2n) is 14.5. The molecule has 1 aliphatic carbocycles. The van der Waals surface area contributed by atoms with Crippen molar-refractivity contribution in [3.63, 3.8) is 0 Å². The van der Waals surface area contributed by atoms with E-state index in [-0.39, 0.29) is 0 Å². The van der Waals surface area contributed by atoms with E-state index >= 15 is 0 Å². The Balaban J connectivity index is 1.09. The van der Waals surface area contributed by atoms with Gasteiger partial charge in [0.2, 0.25) is 0 Å². The van der Waals surface area contributed by atoms with Gasteiger partial charge in [-0.1, -0.05) is 188 Å². The summed E-state index contributed by atoms with van der Waals surface area (Å²) < 4.78 is 1.34. The molecule has 0 atom stereocenters. The highest BCUT2D eigenvalue weighted by Crippen LogP contribution is 2.44. The van der Waals surface area contributed by atoms with Crippen LogP contribution < -0.4 is 4.90 Å². The molecular formula is C55H39NS. The minimum Gasteiger partial charge on any atom is -0.310 e. The molecule has 0 bridgehead atoms. The van der Waals surface area contributed by atoms with Crippen LogP contribution in [-0.4, -0.2) is 0 Å². The lowest BCUT2D eigenvalue weighted by Gasteiger charge is -2.28. The van der Waals surface area contributed by atoms with Crippen LogP contribution in [0.5, 0.6) is 0 Å². The number of anilines is 3. The van der Waals surface area contributed by atoms with Crippen molar-refractivity contribution in [1.82, 2.24) is 0 Å². The summed E-state index contributed by atoms with van der Waals surface area (Å²) in [6.07, 6.45) is 5.57. The maximum Gasteiger partial charge on any atom is 0.0540 e. The van der Waals surface area contributed by atoms with Crippen LogP contribution in [0, 0.1) is 0 Å². The zero-order valence-electron chi connectivity index (χ0n) is 31.4. The lowest BCUT2D eigenvalue weighted by Crippen LogP contribution is -2.11. The van der Waals surface area contributed by atoms with E-state index in [4.69, 9.17) is 0 Å². The number of thiophene rings is 1. The van der Waals surface area contributed by atoms with Crippen LogP contribution in [0.25, 0.3) is 60.7 Å². The van der Waals surface area contributed by atoms with Gasteiger partial charge in [-0.2, -0.15) is 0 Å². The van der Waals surface area contributed by atoms with Crippen LogP contribution in [0.15, 0.2) is 218 Å². The average molecular weight is 746 g/mol. The molecule has 0 unspecified atom stereocenters. The molecule has 8 aromatic carbocycles. The number of nitrogens with zero attached hydrogens (tertiary/aromatic N) is 1. The van der Waals surface area contributed by atoms with Crippen molar-refractivity contribution in [1.29, 1.82) is 0 Å². The van der Waals surface area contributed by atoms with E-state index in [2.05, 4.69) is 229 Å². The van der Waals surface area contributed by atoms with Crippen LogP contribution in [0.4, 0.5) is 17.1 Å². The van der Waals surface area contributed by atoms with Crippen molar-refractivity contribution in [2.75, 3.05) is 4.90 Å². The zero-order chi connectivity index (χ0) is 38.0. The molecule has 10 rings (SSSR count). The highest BCUT2D eigenvalue weighted by Gasteiger charge is 2.21. The monoisotopic (exact) mass is 745 g/mol. The fraction of sp³-hybridized carbons (Fsp3) is 0.0182. The zero-order valence-corrected chi connectivity index (χ0v) is 32.2. The van der Waals surface area contributed by atoms with Gasteiger partial charge in [0.25, 0.3) is 0 Å². The molecule has 0 aliphatic heterocycles. The van der Waals surface area contributed by atoms with Crippen LogP contribution in [0.3, 0.4) is 0 Å². The van der Waals surface area contributed by atoms with Gasteiger partial charge in [0, 0.05) is 32.9 Å². The van der Waals surface area contributed by atoms with E-state index < -0.39 is 0 Å². The van der Waals surface area contributed by atoms with Gasteiger partial charge in [0.15, 0.2) is 0 Å². The Kier molecular flexibility index (Phi) is 9.24. The predicted molar refractivity (Wildman–Crippen MR) is 245 cm³/mol. The first kappa shape index (κ1) is 34.5. The second kappa shape index (κ2) is 15.3. The smallest absolute Gasteiger partial charge is 0.0540 e. The molecule has 270 valence electrons. The summed E-state index contributed by atoms with van der Waals surface area (Å²) in [6, 6.07) is 76.8. The summed E-state index contributed by atoms with van der Waals surface area (Å²) in [5, 5.41) is 1.33. The Hall–Kier alpha value is -7.00. The number of allylic oxidation sites excluding steroid dienone is 3. The molecule has 1 nitrogen and oxygen atoms in total. The number of hydrogen-bond acceptors (Lipinski definition) is 2. The molecule has 0 radical (unpaired) electrons. The van der Waals surface area contributed by atoms with Gasteiger partial charge in [0.05, 0.1) is 5.69 Å². The fourth-order valence-corrected chi connectivity index (χ4v) is 9.36. The van der Waals surface area contributed by atoms with Crippen molar-refractivity contribution in [3.8, 4) is 33.4 Å². The summed E-state index contributed by atoms with van der Waals surface area (Å²) >= 11 is 1.92. The molecule has 57 heavy (non-hydrogen) atoms. The van der Waals surface area contributed by atoms with E-state index in [1.807, 2.05) is 11.3 Å². The van der Waals surface area contributed by atoms with Crippen LogP contribution >= 0.6 is 11.3 Å². The molecule has 0 amide bonds. The third-order valence-electron chi connectivity index (χ3n) is 11.0. The Morgan fingerprint density at radius 1 is 0.368 bits per heavy atom. The molecule has 1 aromatic heterocycles. The summed E-state index contributed by atoms with van der Waals surface area (Å²) in [5.74, 6) is 0. The Morgan fingerprint density at radius 3 is 1.47 bits per heavy atom. The van der Waals surface area contributed by atoms with Gasteiger partial charge in [-0.05, 0) is 97.4 Å². The third kappa shape index (κ3) is 6.82. The van der Waals surface area contributed by atoms with Gasteiger partial charge >= 0.3 is 0 Å². The molecular weight excluding hydrogens is 707 g/mol. The first-order chi connectivity index (χ1) is 28.3. The third-order valence-corrected chi connectivity index (χ3v) is 12.2. The SMILES string of the molecule is C1=Cc2c(sc3ccccc23)CC(c2ccc(-c3ccccc3)cc2)=C1c1ccc(N(c2ccc(-c3ccccc3)cc2)c2ccccc2-c2ccccc2)cc1. The van der Waals surface area contributed by atoms with Crippen LogP contribution in [0.1, 0.15) is 21.6 Å². The number of hydrogen-bond donors (Lipinski definition) is 0. The van der Waals surface area contributed by atoms with Gasteiger partial charge in [-0.15, -0.1) is 11.3 Å². The molecule has 0 saturated heterocycles.